The van der Waals surface area contributed by atoms with Crippen LogP contribution in [0, 0.1) is 6.92 Å². The maximum Gasteiger partial charge on any atom is 0.194 e. The molecule has 0 aromatic carbocycles. The minimum Gasteiger partial charge on any atom is -0.357 e. The number of pyridine rings is 1. The van der Waals surface area contributed by atoms with E-state index >= 15 is 0 Å². The fourth-order valence-electron chi connectivity index (χ4n) is 4.39. The lowest BCUT2D eigenvalue weighted by Gasteiger charge is -2.45. The van der Waals surface area contributed by atoms with Crippen LogP contribution in [0.25, 0.3) is 5.82 Å². The van der Waals surface area contributed by atoms with Gasteiger partial charge in [-0.05, 0) is 38.3 Å². The normalized spacial score (nSPS) is 18.9. The van der Waals surface area contributed by atoms with Crippen molar-refractivity contribution < 1.29 is 0 Å². The van der Waals surface area contributed by atoms with Crippen LogP contribution in [0.2, 0.25) is 0 Å². The summed E-state index contributed by atoms with van der Waals surface area (Å²) < 4.78 is 2.44. The van der Waals surface area contributed by atoms with Crippen LogP contribution in [0.15, 0.2) is 35.7 Å². The van der Waals surface area contributed by atoms with E-state index in [-0.39, 0.29) is 24.0 Å². The summed E-state index contributed by atoms with van der Waals surface area (Å²) in [6, 6.07) is 4.16. The first-order valence-electron chi connectivity index (χ1n) is 10.8. The summed E-state index contributed by atoms with van der Waals surface area (Å²) in [4.78, 5) is 16.3. The molecule has 2 aliphatic rings. The molecule has 0 amide bonds. The molecule has 1 aliphatic heterocycles. The fourth-order valence-corrected chi connectivity index (χ4v) is 5.96. The van der Waals surface area contributed by atoms with E-state index in [1.54, 1.807) is 6.20 Å². The van der Waals surface area contributed by atoms with E-state index < -0.39 is 0 Å². The molecule has 2 fully saturated rings. The van der Waals surface area contributed by atoms with E-state index in [1.807, 2.05) is 30.0 Å². The average molecular weight is 541 g/mol. The summed E-state index contributed by atoms with van der Waals surface area (Å²) in [6.45, 7) is 7.88. The highest BCUT2D eigenvalue weighted by molar-refractivity contribution is 14.0. The number of rotatable bonds is 4. The van der Waals surface area contributed by atoms with Gasteiger partial charge >= 0.3 is 0 Å². The monoisotopic (exact) mass is 540 g/mol. The molecule has 4 rings (SSSR count). The Hall–Kier alpha value is -1.29. The average Bonchev–Trinajstić information content (AvgIpc) is 3.18. The number of hydrogen-bond acceptors (Lipinski definition) is 4. The zero-order valence-corrected chi connectivity index (χ0v) is 21.2. The van der Waals surface area contributed by atoms with Gasteiger partial charge in [0.25, 0.3) is 0 Å². The standard InChI is InChI=1S/C22H32N6S.HI/c1-3-23-21(27-13-14-29-22(17-27)9-5-4-6-10-22)26-16-19-7-8-20(25-15-19)28-12-11-24-18(28)2;/h7-8,11-12,15H,3-6,9-10,13-14,16-17H2,1-2H3,(H,23,26);1H. The number of aromatic nitrogens is 3. The lowest BCUT2D eigenvalue weighted by atomic mass is 9.87. The molecule has 1 aliphatic carbocycles. The van der Waals surface area contributed by atoms with Gasteiger partial charge in [0.15, 0.2) is 5.96 Å². The molecule has 8 heteroatoms. The van der Waals surface area contributed by atoms with Crippen molar-refractivity contribution in [2.75, 3.05) is 25.4 Å². The molecule has 1 N–H and O–H groups in total. The SMILES string of the molecule is CCNC(=NCc1ccc(-n2ccnc2C)nc1)N1CCSC2(CCCCC2)C1.I. The highest BCUT2D eigenvalue weighted by Gasteiger charge is 2.38. The van der Waals surface area contributed by atoms with Crippen LogP contribution in [0.4, 0.5) is 0 Å². The number of nitrogens with one attached hydrogen (secondary N) is 1. The highest BCUT2D eigenvalue weighted by Crippen LogP contribution is 2.42. The second-order valence-electron chi connectivity index (χ2n) is 8.05. The van der Waals surface area contributed by atoms with Crippen LogP contribution in [-0.4, -0.2) is 55.5 Å². The van der Waals surface area contributed by atoms with E-state index in [2.05, 4.69) is 44.9 Å². The summed E-state index contributed by atoms with van der Waals surface area (Å²) in [5, 5.41) is 3.52. The quantitative estimate of drug-likeness (QED) is 0.354. The number of guanidine groups is 1. The Kier molecular flexibility index (Phi) is 8.44. The third kappa shape index (κ3) is 5.49. The van der Waals surface area contributed by atoms with Gasteiger partial charge in [0.1, 0.15) is 11.6 Å². The van der Waals surface area contributed by atoms with Crippen LogP contribution in [0.3, 0.4) is 0 Å². The number of aliphatic imine (C=N–C) groups is 1. The van der Waals surface area contributed by atoms with Crippen LogP contribution < -0.4 is 5.32 Å². The largest absolute Gasteiger partial charge is 0.357 e. The molecule has 164 valence electrons. The molecule has 2 aromatic rings. The van der Waals surface area contributed by atoms with Crippen molar-refractivity contribution in [3.05, 3.63) is 42.1 Å². The minimum atomic E-state index is 0. The molecular weight excluding hydrogens is 507 g/mol. The molecule has 1 saturated carbocycles. The Morgan fingerprint density at radius 1 is 1.23 bits per heavy atom. The Balaban J connectivity index is 0.00000256. The molecule has 30 heavy (non-hydrogen) atoms. The zero-order chi connectivity index (χ0) is 20.1. The number of hydrogen-bond donors (Lipinski definition) is 1. The van der Waals surface area contributed by atoms with E-state index in [0.717, 1.165) is 42.8 Å². The molecule has 0 unspecified atom stereocenters. The molecule has 6 nitrogen and oxygen atoms in total. The predicted molar refractivity (Wildman–Crippen MR) is 136 cm³/mol. The highest BCUT2D eigenvalue weighted by atomic mass is 127. The summed E-state index contributed by atoms with van der Waals surface area (Å²) in [5.41, 5.74) is 1.13. The summed E-state index contributed by atoms with van der Waals surface area (Å²) >= 11 is 2.20. The number of halogens is 1. The Morgan fingerprint density at radius 2 is 2.07 bits per heavy atom. The van der Waals surface area contributed by atoms with Crippen LogP contribution in [-0.2, 0) is 6.54 Å². The van der Waals surface area contributed by atoms with Crippen LogP contribution in [0.5, 0.6) is 0 Å². The summed E-state index contributed by atoms with van der Waals surface area (Å²) in [5.74, 6) is 4.08. The third-order valence-electron chi connectivity index (χ3n) is 5.94. The molecular formula is C22H33IN6S. The van der Waals surface area contributed by atoms with Crippen molar-refractivity contribution >= 4 is 41.7 Å². The zero-order valence-electron chi connectivity index (χ0n) is 18.0. The number of imidazole rings is 1. The molecule has 0 bridgehead atoms. The molecule has 1 spiro atoms. The minimum absolute atomic E-state index is 0. The number of aryl methyl sites for hydroxylation is 1. The van der Waals surface area contributed by atoms with Gasteiger partial charge in [-0.1, -0.05) is 25.3 Å². The van der Waals surface area contributed by atoms with Crippen molar-refractivity contribution in [1.82, 2.24) is 24.8 Å². The van der Waals surface area contributed by atoms with Gasteiger partial charge in [-0.3, -0.25) is 4.57 Å². The Labute approximate surface area is 201 Å². The first-order valence-corrected chi connectivity index (χ1v) is 11.8. The Bertz CT molecular complexity index is 823. The lowest BCUT2D eigenvalue weighted by molar-refractivity contribution is 0.293. The second kappa shape index (κ2) is 10.8. The smallest absolute Gasteiger partial charge is 0.194 e. The summed E-state index contributed by atoms with van der Waals surface area (Å²) in [6.07, 6.45) is 12.5. The van der Waals surface area contributed by atoms with Crippen molar-refractivity contribution in [3.63, 3.8) is 0 Å². The second-order valence-corrected chi connectivity index (χ2v) is 9.62. The van der Waals surface area contributed by atoms with Gasteiger partial charge in [-0.25, -0.2) is 15.0 Å². The predicted octanol–water partition coefficient (Wildman–Crippen LogP) is 4.41. The van der Waals surface area contributed by atoms with E-state index in [1.165, 1.54) is 37.9 Å². The number of nitrogens with zero attached hydrogens (tertiary/aromatic N) is 5. The van der Waals surface area contributed by atoms with Gasteiger partial charge in [0.2, 0.25) is 0 Å². The van der Waals surface area contributed by atoms with Gasteiger partial charge in [-0.15, -0.1) is 24.0 Å². The van der Waals surface area contributed by atoms with Gasteiger partial charge < -0.3 is 10.2 Å². The first kappa shape index (κ1) is 23.4. The topological polar surface area (TPSA) is 58.3 Å². The number of thioether (sulfide) groups is 1. The van der Waals surface area contributed by atoms with Crippen molar-refractivity contribution in [3.8, 4) is 5.82 Å². The van der Waals surface area contributed by atoms with Gasteiger partial charge in [-0.2, -0.15) is 11.8 Å². The maximum absolute atomic E-state index is 4.96. The van der Waals surface area contributed by atoms with E-state index in [0.29, 0.717) is 11.3 Å². The molecule has 0 radical (unpaired) electrons. The maximum atomic E-state index is 4.96. The Morgan fingerprint density at radius 3 is 2.73 bits per heavy atom. The van der Waals surface area contributed by atoms with Crippen molar-refractivity contribution in [2.45, 2.75) is 57.2 Å². The van der Waals surface area contributed by atoms with Gasteiger partial charge in [0.05, 0.1) is 6.54 Å². The first-order chi connectivity index (χ1) is 14.2. The van der Waals surface area contributed by atoms with E-state index in [9.17, 15) is 0 Å². The van der Waals surface area contributed by atoms with E-state index in [4.69, 9.17) is 4.99 Å². The third-order valence-corrected chi connectivity index (χ3v) is 7.48. The molecule has 1 saturated heterocycles. The molecule has 2 aromatic heterocycles. The summed E-state index contributed by atoms with van der Waals surface area (Å²) in [7, 11) is 0. The van der Waals surface area contributed by atoms with Gasteiger partial charge in [0, 0.05) is 48.7 Å². The van der Waals surface area contributed by atoms with Crippen molar-refractivity contribution in [1.29, 1.82) is 0 Å². The lowest BCUT2D eigenvalue weighted by Crippen LogP contribution is -2.53. The van der Waals surface area contributed by atoms with Crippen LogP contribution in [0.1, 0.15) is 50.4 Å². The fraction of sp³-hybridized carbons (Fsp3) is 0.591. The van der Waals surface area contributed by atoms with Crippen LogP contribution >= 0.6 is 35.7 Å². The molecule has 0 atom stereocenters. The van der Waals surface area contributed by atoms with Crippen molar-refractivity contribution in [2.24, 2.45) is 4.99 Å². The molecule has 3 heterocycles.